The lowest BCUT2D eigenvalue weighted by atomic mass is 10.2. The molecule has 0 N–H and O–H groups in total. The van der Waals surface area contributed by atoms with Crippen LogP contribution in [-0.4, -0.2) is 6.17 Å². The zero-order valence-corrected chi connectivity index (χ0v) is 5.03. The Kier molecular flexibility index (Phi) is 1.69. The van der Waals surface area contributed by atoms with E-state index in [1.165, 1.54) is 6.08 Å². The van der Waals surface area contributed by atoms with E-state index >= 15 is 0 Å². The third kappa shape index (κ3) is 1.34. The number of allylic oxidation sites excluding steroid dienone is 4. The highest BCUT2D eigenvalue weighted by molar-refractivity contribution is 6.31. The van der Waals surface area contributed by atoms with Crippen molar-refractivity contribution in [2.75, 3.05) is 0 Å². The van der Waals surface area contributed by atoms with Gasteiger partial charge in [-0.25, -0.2) is 4.39 Å². The van der Waals surface area contributed by atoms with E-state index in [2.05, 4.69) is 0 Å². The van der Waals surface area contributed by atoms with Crippen LogP contribution in [0.3, 0.4) is 0 Å². The third-order valence-electron chi connectivity index (χ3n) is 1.00. The Bertz CT molecular complexity index is 137. The van der Waals surface area contributed by atoms with Crippen LogP contribution in [0.15, 0.2) is 23.3 Å². The molecule has 2 heteroatoms. The maximum absolute atomic E-state index is 12.2. The maximum Gasteiger partial charge on any atom is 0.122 e. The molecule has 1 unspecified atom stereocenters. The van der Waals surface area contributed by atoms with Gasteiger partial charge in [0.05, 0.1) is 0 Å². The predicted octanol–water partition coefficient (Wildman–Crippen LogP) is 2.41. The molecular weight excluding hydrogens is 127 g/mol. The number of alkyl halides is 1. The van der Waals surface area contributed by atoms with Crippen LogP contribution >= 0.6 is 11.6 Å². The molecule has 0 aromatic carbocycles. The molecule has 0 radical (unpaired) electrons. The average Bonchev–Trinajstić information content (AvgIpc) is 1.77. The van der Waals surface area contributed by atoms with E-state index in [4.69, 9.17) is 11.6 Å². The zero-order chi connectivity index (χ0) is 5.98. The van der Waals surface area contributed by atoms with Crippen molar-refractivity contribution in [3.05, 3.63) is 23.3 Å². The summed E-state index contributed by atoms with van der Waals surface area (Å²) < 4.78 is 12.2. The lowest BCUT2D eigenvalue weighted by Gasteiger charge is -2.02. The van der Waals surface area contributed by atoms with Gasteiger partial charge in [-0.1, -0.05) is 17.7 Å². The van der Waals surface area contributed by atoms with Crippen molar-refractivity contribution >= 4 is 11.6 Å². The molecule has 0 bridgehead atoms. The van der Waals surface area contributed by atoms with E-state index in [-0.39, 0.29) is 0 Å². The van der Waals surface area contributed by atoms with Crippen molar-refractivity contribution in [1.82, 2.24) is 0 Å². The fraction of sp³-hybridized carbons (Fsp3) is 0.333. The number of halogens is 2. The Hall–Kier alpha value is -0.300. The number of rotatable bonds is 0. The highest BCUT2D eigenvalue weighted by Crippen LogP contribution is 2.14. The second kappa shape index (κ2) is 2.31. The summed E-state index contributed by atoms with van der Waals surface area (Å²) in [6.07, 6.45) is 4.32. The van der Waals surface area contributed by atoms with Crippen LogP contribution < -0.4 is 0 Å². The SMILES string of the molecule is FC1C=CC(Cl)=CC1. The van der Waals surface area contributed by atoms with Gasteiger partial charge in [-0.15, -0.1) is 0 Å². The van der Waals surface area contributed by atoms with Crippen LogP contribution in [0.1, 0.15) is 6.42 Å². The smallest absolute Gasteiger partial charge is 0.122 e. The summed E-state index contributed by atoms with van der Waals surface area (Å²) in [5.74, 6) is 0. The largest absolute Gasteiger partial charge is 0.243 e. The summed E-state index contributed by atoms with van der Waals surface area (Å²) >= 11 is 5.49. The maximum atomic E-state index is 12.2. The van der Waals surface area contributed by atoms with Crippen LogP contribution in [0.4, 0.5) is 4.39 Å². The van der Waals surface area contributed by atoms with Crippen molar-refractivity contribution in [2.24, 2.45) is 0 Å². The summed E-state index contributed by atoms with van der Waals surface area (Å²) in [5, 5.41) is 0.638. The standard InChI is InChI=1S/C6H6ClF/c7-5-1-3-6(8)4-2-5/h1-3,6H,4H2. The van der Waals surface area contributed by atoms with Crippen molar-refractivity contribution in [3.8, 4) is 0 Å². The van der Waals surface area contributed by atoms with Crippen LogP contribution in [0.25, 0.3) is 0 Å². The van der Waals surface area contributed by atoms with Crippen LogP contribution in [0.2, 0.25) is 0 Å². The van der Waals surface area contributed by atoms with E-state index in [1.54, 1.807) is 12.2 Å². The van der Waals surface area contributed by atoms with E-state index in [0.29, 0.717) is 11.5 Å². The summed E-state index contributed by atoms with van der Waals surface area (Å²) in [7, 11) is 0. The number of hydrogen-bond acceptors (Lipinski definition) is 0. The molecule has 8 heavy (non-hydrogen) atoms. The number of hydrogen-bond donors (Lipinski definition) is 0. The van der Waals surface area contributed by atoms with Gasteiger partial charge in [0.1, 0.15) is 6.17 Å². The molecule has 0 aromatic heterocycles. The molecule has 0 aromatic rings. The van der Waals surface area contributed by atoms with Gasteiger partial charge in [0, 0.05) is 11.5 Å². The Morgan fingerprint density at radius 3 is 2.88 bits per heavy atom. The van der Waals surface area contributed by atoms with E-state index in [9.17, 15) is 4.39 Å². The highest BCUT2D eigenvalue weighted by Gasteiger charge is 2.02. The topological polar surface area (TPSA) is 0 Å². The van der Waals surface area contributed by atoms with Crippen LogP contribution in [-0.2, 0) is 0 Å². The summed E-state index contributed by atoms with van der Waals surface area (Å²) in [6, 6.07) is 0. The van der Waals surface area contributed by atoms with E-state index < -0.39 is 6.17 Å². The van der Waals surface area contributed by atoms with Crippen molar-refractivity contribution in [1.29, 1.82) is 0 Å². The van der Waals surface area contributed by atoms with Gasteiger partial charge >= 0.3 is 0 Å². The molecular formula is C6H6ClF. The summed E-state index contributed by atoms with van der Waals surface area (Å²) in [5.41, 5.74) is 0. The van der Waals surface area contributed by atoms with Gasteiger partial charge in [0.25, 0.3) is 0 Å². The fourth-order valence-electron chi connectivity index (χ4n) is 0.568. The zero-order valence-electron chi connectivity index (χ0n) is 4.27. The lowest BCUT2D eigenvalue weighted by molar-refractivity contribution is 0.401. The highest BCUT2D eigenvalue weighted by atomic mass is 35.5. The quantitative estimate of drug-likeness (QED) is 0.475. The monoisotopic (exact) mass is 132 g/mol. The van der Waals surface area contributed by atoms with Crippen molar-refractivity contribution < 1.29 is 4.39 Å². The molecule has 1 atom stereocenters. The fourth-order valence-corrected chi connectivity index (χ4v) is 0.730. The second-order valence-electron chi connectivity index (χ2n) is 1.70. The van der Waals surface area contributed by atoms with Crippen LogP contribution in [0.5, 0.6) is 0 Å². The molecule has 44 valence electrons. The summed E-state index contributed by atoms with van der Waals surface area (Å²) in [6.45, 7) is 0. The molecule has 0 saturated heterocycles. The van der Waals surface area contributed by atoms with Crippen molar-refractivity contribution in [2.45, 2.75) is 12.6 Å². The third-order valence-corrected chi connectivity index (χ3v) is 1.28. The molecule has 0 heterocycles. The van der Waals surface area contributed by atoms with Gasteiger partial charge in [-0.3, -0.25) is 0 Å². The molecule has 1 aliphatic rings. The molecule has 1 rings (SSSR count). The van der Waals surface area contributed by atoms with Crippen molar-refractivity contribution in [3.63, 3.8) is 0 Å². The Morgan fingerprint density at radius 2 is 2.50 bits per heavy atom. The van der Waals surface area contributed by atoms with E-state index in [0.717, 1.165) is 0 Å². The first-order chi connectivity index (χ1) is 3.79. The van der Waals surface area contributed by atoms with Crippen LogP contribution in [0, 0.1) is 0 Å². The Morgan fingerprint density at radius 1 is 1.75 bits per heavy atom. The molecule has 0 aliphatic heterocycles. The minimum Gasteiger partial charge on any atom is -0.243 e. The molecule has 0 fully saturated rings. The summed E-state index contributed by atoms with van der Waals surface area (Å²) in [4.78, 5) is 0. The normalized spacial score (nSPS) is 27.8. The molecule has 1 aliphatic carbocycles. The molecule has 0 spiro atoms. The molecule has 0 nitrogen and oxygen atoms in total. The second-order valence-corrected chi connectivity index (χ2v) is 2.14. The van der Waals surface area contributed by atoms with Gasteiger partial charge in [-0.2, -0.15) is 0 Å². The minimum atomic E-state index is -0.822. The van der Waals surface area contributed by atoms with E-state index in [1.807, 2.05) is 0 Å². The minimum absolute atomic E-state index is 0.426. The molecule has 0 saturated carbocycles. The average molecular weight is 133 g/mol. The van der Waals surface area contributed by atoms with Gasteiger partial charge < -0.3 is 0 Å². The van der Waals surface area contributed by atoms with Gasteiger partial charge in [0.2, 0.25) is 0 Å². The van der Waals surface area contributed by atoms with Gasteiger partial charge in [0.15, 0.2) is 0 Å². The molecule has 0 amide bonds. The first kappa shape index (κ1) is 5.83. The first-order valence-corrected chi connectivity index (χ1v) is 2.85. The first-order valence-electron chi connectivity index (χ1n) is 2.47. The Labute approximate surface area is 52.6 Å². The Balaban J connectivity index is 2.58. The lowest BCUT2D eigenvalue weighted by Crippen LogP contribution is -1.95. The van der Waals surface area contributed by atoms with Gasteiger partial charge in [-0.05, 0) is 12.2 Å². The predicted molar refractivity (Wildman–Crippen MR) is 32.6 cm³/mol.